The number of fused-ring (bicyclic) bond motifs is 1. The van der Waals surface area contributed by atoms with Crippen molar-refractivity contribution >= 4 is 39.0 Å². The van der Waals surface area contributed by atoms with Crippen molar-refractivity contribution in [2.24, 2.45) is 5.92 Å². The van der Waals surface area contributed by atoms with Crippen LogP contribution in [0.25, 0.3) is 0 Å². The third-order valence-electron chi connectivity index (χ3n) is 5.14. The summed E-state index contributed by atoms with van der Waals surface area (Å²) >= 11 is 5.15. The average molecular weight is 431 g/mol. The molecular weight excluding hydrogens is 412 g/mol. The third kappa shape index (κ3) is 3.36. The Bertz CT molecular complexity index is 875. The molecule has 1 fully saturated rings. The van der Waals surface area contributed by atoms with Crippen LogP contribution < -0.4 is 4.90 Å². The van der Waals surface area contributed by atoms with Crippen LogP contribution in [0, 0.1) is 17.2 Å². The number of halogens is 1. The van der Waals surface area contributed by atoms with Crippen molar-refractivity contribution in [3.63, 3.8) is 0 Å². The van der Waals surface area contributed by atoms with Gasteiger partial charge in [0.25, 0.3) is 0 Å². The number of carbonyl (C=O) groups excluding carboxylic acids is 1. The monoisotopic (exact) mass is 430 g/mol. The van der Waals surface area contributed by atoms with Gasteiger partial charge in [0.2, 0.25) is 5.91 Å². The number of amides is 1. The van der Waals surface area contributed by atoms with Gasteiger partial charge in [-0.2, -0.15) is 5.26 Å². The Kier molecular flexibility index (Phi) is 4.96. The van der Waals surface area contributed by atoms with E-state index in [-0.39, 0.29) is 11.8 Å². The van der Waals surface area contributed by atoms with Crippen molar-refractivity contribution in [1.82, 2.24) is 9.88 Å². The second-order valence-electron chi connectivity index (χ2n) is 6.80. The van der Waals surface area contributed by atoms with Gasteiger partial charge in [0, 0.05) is 41.7 Å². The smallest absolute Gasteiger partial charge is 0.227 e. The molecule has 2 aliphatic rings. The largest absolute Gasteiger partial charge is 0.355 e. The van der Waals surface area contributed by atoms with Gasteiger partial charge in [-0.25, -0.2) is 4.98 Å². The fraction of sp³-hybridized carbons (Fsp3) is 0.421. The fourth-order valence-electron chi connectivity index (χ4n) is 3.83. The lowest BCUT2D eigenvalue weighted by Crippen LogP contribution is -2.46. The zero-order valence-corrected chi connectivity index (χ0v) is 16.7. The number of thiophene rings is 1. The maximum absolute atomic E-state index is 13.1. The Morgan fingerprint density at radius 1 is 1.42 bits per heavy atom. The van der Waals surface area contributed by atoms with E-state index in [1.165, 1.54) is 10.4 Å². The van der Waals surface area contributed by atoms with E-state index in [1.807, 2.05) is 4.90 Å². The molecule has 0 bridgehead atoms. The van der Waals surface area contributed by atoms with Crippen molar-refractivity contribution < 1.29 is 4.79 Å². The molecule has 4 rings (SSSR count). The predicted molar refractivity (Wildman–Crippen MR) is 105 cm³/mol. The second kappa shape index (κ2) is 7.37. The highest BCUT2D eigenvalue weighted by atomic mass is 79.9. The van der Waals surface area contributed by atoms with Crippen molar-refractivity contribution in [1.29, 1.82) is 5.26 Å². The first-order chi connectivity index (χ1) is 12.7. The summed E-state index contributed by atoms with van der Waals surface area (Å²) in [5, 5.41) is 11.5. The van der Waals surface area contributed by atoms with Gasteiger partial charge in [-0.3, -0.25) is 4.79 Å². The van der Waals surface area contributed by atoms with E-state index >= 15 is 0 Å². The van der Waals surface area contributed by atoms with Crippen LogP contribution in [0.2, 0.25) is 0 Å². The third-order valence-corrected chi connectivity index (χ3v) is 6.60. The van der Waals surface area contributed by atoms with Gasteiger partial charge >= 0.3 is 0 Å². The Morgan fingerprint density at radius 2 is 2.31 bits per heavy atom. The van der Waals surface area contributed by atoms with Crippen LogP contribution in [0.5, 0.6) is 0 Å². The van der Waals surface area contributed by atoms with Crippen molar-refractivity contribution in [2.45, 2.75) is 25.8 Å². The molecular formula is C19H19BrN4OS. The van der Waals surface area contributed by atoms with Crippen LogP contribution >= 0.6 is 27.3 Å². The Balaban J connectivity index is 1.49. The molecule has 0 N–H and O–H groups in total. The first-order valence-corrected chi connectivity index (χ1v) is 10.5. The number of hydrogen-bond donors (Lipinski definition) is 0. The molecule has 2 aliphatic heterocycles. The van der Waals surface area contributed by atoms with E-state index in [4.69, 9.17) is 0 Å². The number of nitriles is 1. The molecule has 26 heavy (non-hydrogen) atoms. The molecule has 2 aromatic rings. The molecule has 0 aromatic carbocycles. The van der Waals surface area contributed by atoms with E-state index in [0.29, 0.717) is 17.9 Å². The predicted octanol–water partition coefficient (Wildman–Crippen LogP) is 3.58. The van der Waals surface area contributed by atoms with Crippen LogP contribution in [0.15, 0.2) is 28.2 Å². The van der Waals surface area contributed by atoms with E-state index in [9.17, 15) is 10.1 Å². The van der Waals surface area contributed by atoms with Crippen LogP contribution in [-0.4, -0.2) is 35.4 Å². The minimum absolute atomic E-state index is 0.0269. The molecule has 4 heterocycles. The Labute approximate surface area is 165 Å². The molecule has 1 atom stereocenters. The van der Waals surface area contributed by atoms with Crippen LogP contribution in [0.3, 0.4) is 0 Å². The van der Waals surface area contributed by atoms with Crippen LogP contribution in [-0.2, 0) is 17.8 Å². The maximum atomic E-state index is 13.1. The van der Waals surface area contributed by atoms with Gasteiger partial charge in [-0.1, -0.05) is 0 Å². The lowest BCUT2D eigenvalue weighted by atomic mass is 9.95. The van der Waals surface area contributed by atoms with Gasteiger partial charge in [-0.05, 0) is 58.3 Å². The van der Waals surface area contributed by atoms with Crippen LogP contribution in [0.1, 0.15) is 28.8 Å². The molecule has 2 aromatic heterocycles. The van der Waals surface area contributed by atoms with Gasteiger partial charge in [0.1, 0.15) is 11.9 Å². The molecule has 5 nitrogen and oxygen atoms in total. The van der Waals surface area contributed by atoms with Crippen molar-refractivity contribution in [3.05, 3.63) is 44.2 Å². The van der Waals surface area contributed by atoms with E-state index < -0.39 is 0 Å². The summed E-state index contributed by atoms with van der Waals surface area (Å²) in [4.78, 5) is 23.0. The van der Waals surface area contributed by atoms with Gasteiger partial charge < -0.3 is 9.80 Å². The minimum Gasteiger partial charge on any atom is -0.355 e. The first-order valence-electron chi connectivity index (χ1n) is 8.80. The number of hydrogen-bond acceptors (Lipinski definition) is 5. The van der Waals surface area contributed by atoms with E-state index in [2.05, 4.69) is 43.3 Å². The number of piperidine rings is 1. The first kappa shape index (κ1) is 17.5. The minimum atomic E-state index is -0.0269. The highest BCUT2D eigenvalue weighted by molar-refractivity contribution is 9.10. The number of pyridine rings is 1. The molecule has 0 spiro atoms. The number of anilines is 1. The van der Waals surface area contributed by atoms with Gasteiger partial charge in [0.05, 0.1) is 11.5 Å². The molecule has 134 valence electrons. The normalized spacial score (nSPS) is 19.8. The van der Waals surface area contributed by atoms with Crippen molar-refractivity contribution in [2.75, 3.05) is 24.5 Å². The second-order valence-corrected chi connectivity index (χ2v) is 8.72. The zero-order valence-electron chi connectivity index (χ0n) is 14.3. The summed E-state index contributed by atoms with van der Waals surface area (Å²) in [6.07, 6.45) is 4.52. The summed E-state index contributed by atoms with van der Waals surface area (Å²) in [7, 11) is 0. The highest BCUT2D eigenvalue weighted by Crippen LogP contribution is 2.29. The molecule has 0 radical (unpaired) electrons. The van der Waals surface area contributed by atoms with Crippen LogP contribution in [0.4, 0.5) is 5.82 Å². The summed E-state index contributed by atoms with van der Waals surface area (Å²) in [5.41, 5.74) is 1.84. The number of aromatic nitrogens is 1. The summed E-state index contributed by atoms with van der Waals surface area (Å²) in [6, 6.07) is 6.15. The SMILES string of the molecule is N#Cc1cc(Br)cnc1N1CCCC(C(=O)N2CCc3sccc3C2)C1. The lowest BCUT2D eigenvalue weighted by molar-refractivity contribution is -0.136. The summed E-state index contributed by atoms with van der Waals surface area (Å²) in [6.45, 7) is 3.01. The molecule has 1 unspecified atom stereocenters. The molecule has 0 saturated carbocycles. The number of nitrogens with zero attached hydrogens (tertiary/aromatic N) is 4. The van der Waals surface area contributed by atoms with Gasteiger partial charge in [0.15, 0.2) is 0 Å². The summed E-state index contributed by atoms with van der Waals surface area (Å²) in [5.74, 6) is 0.898. The average Bonchev–Trinajstić information content (AvgIpc) is 3.15. The Morgan fingerprint density at radius 3 is 3.15 bits per heavy atom. The number of carbonyl (C=O) groups is 1. The van der Waals surface area contributed by atoms with E-state index in [1.54, 1.807) is 23.6 Å². The zero-order chi connectivity index (χ0) is 18.1. The summed E-state index contributed by atoms with van der Waals surface area (Å²) < 4.78 is 0.794. The topological polar surface area (TPSA) is 60.2 Å². The fourth-order valence-corrected chi connectivity index (χ4v) is 5.05. The van der Waals surface area contributed by atoms with Crippen molar-refractivity contribution in [3.8, 4) is 6.07 Å². The molecule has 1 amide bonds. The highest BCUT2D eigenvalue weighted by Gasteiger charge is 2.32. The molecule has 1 saturated heterocycles. The van der Waals surface area contributed by atoms with E-state index in [0.717, 1.165) is 43.4 Å². The standard InChI is InChI=1S/C19H19BrN4OS/c20-16-8-15(9-21)18(22-10-16)23-5-1-2-14(12-23)19(25)24-6-3-17-13(11-24)4-7-26-17/h4,7-8,10,14H,1-3,5-6,11-12H2. The quantitative estimate of drug-likeness (QED) is 0.730. The number of rotatable bonds is 2. The molecule has 0 aliphatic carbocycles. The Hall–Kier alpha value is -1.91. The lowest BCUT2D eigenvalue weighted by Gasteiger charge is -2.37. The maximum Gasteiger partial charge on any atom is 0.227 e. The van der Waals surface area contributed by atoms with Gasteiger partial charge in [-0.15, -0.1) is 11.3 Å². The molecule has 7 heteroatoms.